The predicted octanol–water partition coefficient (Wildman–Crippen LogP) is -1.12. The van der Waals surface area contributed by atoms with E-state index in [4.69, 9.17) is 0 Å². The van der Waals surface area contributed by atoms with Gasteiger partial charge in [0.1, 0.15) is 0 Å². The second-order valence-corrected chi connectivity index (χ2v) is 0. The molecule has 0 fully saturated rings. The van der Waals surface area contributed by atoms with Crippen LogP contribution in [0.25, 0.3) is 0 Å². The predicted molar refractivity (Wildman–Crippen MR) is 13.6 cm³/mol. The first-order valence-corrected chi connectivity index (χ1v) is 0. The van der Waals surface area contributed by atoms with Gasteiger partial charge < -0.3 is 16.4 Å². The van der Waals surface area contributed by atoms with Gasteiger partial charge in [0, 0.05) is 20.1 Å². The van der Waals surface area contributed by atoms with E-state index < -0.39 is 0 Å². The average Bonchev–Trinajstić information content (AvgIpc) is 0. The largest absolute Gasteiger partial charge is 2.00 e. The van der Waals surface area contributed by atoms with Crippen molar-refractivity contribution < 1.29 is 36.5 Å². The first-order chi connectivity index (χ1) is 0. The minimum absolute atomic E-state index is 0. The Labute approximate surface area is 89.9 Å². The molecular weight excluding hydrogens is 649 g/mol. The van der Waals surface area contributed by atoms with E-state index in [2.05, 4.69) is 0 Å². The molecule has 0 aliphatic rings. The molecule has 0 spiro atoms. The van der Waals surface area contributed by atoms with Crippen molar-refractivity contribution >= 4 is 54.6 Å². The summed E-state index contributed by atoms with van der Waals surface area (Å²) in [6.45, 7) is 0. The Bertz CT molecular complexity index is 8.75. The van der Waals surface area contributed by atoms with E-state index in [9.17, 15) is 0 Å². The van der Waals surface area contributed by atoms with Crippen molar-refractivity contribution in [2.45, 2.75) is 0 Å². The van der Waals surface area contributed by atoms with Gasteiger partial charge in [0.2, 0.25) is 0 Å². The standard InChI is InChI=1S/Ir.3O.2Tl/q;3*-2;2*+1. The van der Waals surface area contributed by atoms with Crippen molar-refractivity contribution in [3.05, 3.63) is 0 Å². The summed E-state index contributed by atoms with van der Waals surface area (Å²) in [4.78, 5) is 0. The Kier molecular flexibility index (Phi) is 716. The molecule has 0 saturated heterocycles. The molecule has 1 radical (unpaired) electrons. The average molecular weight is 649 g/mol. The zero-order valence-electron chi connectivity index (χ0n) is 2.71. The molecule has 0 unspecified atom stereocenters. The fraction of sp³-hybridized carbons (Fsp3) is 0. The van der Waals surface area contributed by atoms with E-state index in [0.717, 1.165) is 0 Å². The summed E-state index contributed by atoms with van der Waals surface area (Å²) in [5.74, 6) is 0. The molecule has 0 atom stereocenters. The molecule has 3 nitrogen and oxygen atoms in total. The third-order valence-electron chi connectivity index (χ3n) is 0. The maximum absolute atomic E-state index is 0. The smallest absolute Gasteiger partial charge is 1.00 e. The van der Waals surface area contributed by atoms with Crippen LogP contribution in [-0.4, -0.2) is 54.6 Å². The third kappa shape index (κ3) is 32.7. The van der Waals surface area contributed by atoms with Crippen LogP contribution in [0.4, 0.5) is 0 Å². The monoisotopic (exact) mass is 651 g/mol. The Morgan fingerprint density at radius 2 is 0.500 bits per heavy atom. The van der Waals surface area contributed by atoms with E-state index >= 15 is 0 Å². The van der Waals surface area contributed by atoms with Crippen molar-refractivity contribution in [2.24, 2.45) is 0 Å². The molecule has 0 N–H and O–H groups in total. The first kappa shape index (κ1) is 80.8. The van der Waals surface area contributed by atoms with E-state index in [-0.39, 0.29) is 91.1 Å². The van der Waals surface area contributed by atoms with E-state index in [1.54, 1.807) is 0 Å². The van der Waals surface area contributed by atoms with Crippen LogP contribution in [0.3, 0.4) is 0 Å². The molecule has 37 valence electrons. The summed E-state index contributed by atoms with van der Waals surface area (Å²) >= 11 is 0. The summed E-state index contributed by atoms with van der Waals surface area (Å²) < 4.78 is 0. The molecule has 0 aliphatic carbocycles. The molecule has 6 heavy (non-hydrogen) atoms. The van der Waals surface area contributed by atoms with Crippen LogP contribution >= 0.6 is 0 Å². The quantitative estimate of drug-likeness (QED) is 0.299. The van der Waals surface area contributed by atoms with Gasteiger partial charge in [0.05, 0.1) is 0 Å². The van der Waals surface area contributed by atoms with Gasteiger partial charge in [-0.25, -0.2) is 0 Å². The summed E-state index contributed by atoms with van der Waals surface area (Å²) in [7, 11) is 0. The van der Waals surface area contributed by atoms with E-state index in [1.807, 2.05) is 0 Å². The normalized spacial score (nSPS) is 0. The summed E-state index contributed by atoms with van der Waals surface area (Å²) in [5.41, 5.74) is 0. The van der Waals surface area contributed by atoms with Gasteiger partial charge in [-0.2, -0.15) is 0 Å². The van der Waals surface area contributed by atoms with Gasteiger partial charge in [0.15, 0.2) is 0 Å². The SMILES string of the molecule is [Ir].[O-2].[O-2].[O-2].[Tl+].[Tl+]. The topological polar surface area (TPSA) is 85.5 Å². The van der Waals surface area contributed by atoms with Gasteiger partial charge in [-0.1, -0.05) is 0 Å². The molecule has 0 aromatic carbocycles. The molecule has 0 aromatic heterocycles. The van der Waals surface area contributed by atoms with Gasteiger partial charge in [-0.15, -0.1) is 0 Å². The molecule has 0 saturated carbocycles. The second-order valence-electron chi connectivity index (χ2n) is 0. The van der Waals surface area contributed by atoms with Gasteiger partial charge in [-0.3, -0.25) is 0 Å². The molecule has 0 aromatic rings. The van der Waals surface area contributed by atoms with Gasteiger partial charge in [0.25, 0.3) is 0 Å². The van der Waals surface area contributed by atoms with Crippen molar-refractivity contribution in [3.63, 3.8) is 0 Å². The van der Waals surface area contributed by atoms with Crippen LogP contribution in [-0.2, 0) is 36.5 Å². The summed E-state index contributed by atoms with van der Waals surface area (Å²) in [6.07, 6.45) is 0. The molecule has 0 bridgehead atoms. The number of rotatable bonds is 0. The molecule has 0 amide bonds. The molecule has 0 rings (SSSR count). The van der Waals surface area contributed by atoms with Crippen LogP contribution in [0.2, 0.25) is 0 Å². The van der Waals surface area contributed by atoms with Crippen LogP contribution in [0, 0.1) is 0 Å². The van der Waals surface area contributed by atoms with Crippen molar-refractivity contribution in [1.29, 1.82) is 0 Å². The van der Waals surface area contributed by atoms with Crippen molar-refractivity contribution in [2.75, 3.05) is 0 Å². The molecular formula is IrO3Tl2-4. The summed E-state index contributed by atoms with van der Waals surface area (Å²) in [6, 6.07) is 0. The summed E-state index contributed by atoms with van der Waals surface area (Å²) in [5, 5.41) is 0. The molecule has 0 heterocycles. The zero-order valence-corrected chi connectivity index (χ0v) is 14.1. The minimum atomic E-state index is 0. The zero-order chi connectivity index (χ0) is 0. The van der Waals surface area contributed by atoms with Crippen LogP contribution in [0.5, 0.6) is 0 Å². The van der Waals surface area contributed by atoms with Crippen molar-refractivity contribution in [1.82, 2.24) is 0 Å². The van der Waals surface area contributed by atoms with Crippen LogP contribution in [0.1, 0.15) is 0 Å². The van der Waals surface area contributed by atoms with Crippen LogP contribution in [0.15, 0.2) is 0 Å². The van der Waals surface area contributed by atoms with Crippen LogP contribution < -0.4 is 0 Å². The Hall–Kier alpha value is 2.37. The number of hydrogen-bond donors (Lipinski definition) is 0. The maximum Gasteiger partial charge on any atom is 1.00 e. The van der Waals surface area contributed by atoms with Gasteiger partial charge >= 0.3 is 54.6 Å². The molecule has 6 heteroatoms. The number of hydrogen-bond acceptors (Lipinski definition) is 0. The maximum atomic E-state index is 0. The first-order valence-electron chi connectivity index (χ1n) is 0. The molecule has 0 aliphatic heterocycles. The van der Waals surface area contributed by atoms with Crippen molar-refractivity contribution in [3.8, 4) is 0 Å². The fourth-order valence-electron chi connectivity index (χ4n) is 0. The van der Waals surface area contributed by atoms with Gasteiger partial charge in [-0.05, 0) is 0 Å². The Balaban J connectivity index is 0. The third-order valence-corrected chi connectivity index (χ3v) is 0. The Morgan fingerprint density at radius 3 is 0.500 bits per heavy atom. The fourth-order valence-corrected chi connectivity index (χ4v) is 0. The minimum Gasteiger partial charge on any atom is -2.00 e. The van der Waals surface area contributed by atoms with E-state index in [0.29, 0.717) is 0 Å². The Morgan fingerprint density at radius 1 is 0.500 bits per heavy atom. The second kappa shape index (κ2) is 53.2. The van der Waals surface area contributed by atoms with E-state index in [1.165, 1.54) is 0 Å².